The predicted molar refractivity (Wildman–Crippen MR) is 94.0 cm³/mol. The third-order valence-electron chi connectivity index (χ3n) is 5.45. The molecule has 29 heavy (non-hydrogen) atoms. The molecular weight excluding hydrogens is 387 g/mol. The van der Waals surface area contributed by atoms with E-state index in [-0.39, 0.29) is 23.7 Å². The highest BCUT2D eigenvalue weighted by atomic mass is 19.1. The molecule has 0 unspecified atom stereocenters. The lowest BCUT2D eigenvalue weighted by Gasteiger charge is -2.34. The Hall–Kier alpha value is -3.17. The minimum atomic E-state index is -0.676. The topological polar surface area (TPSA) is 74.8 Å². The maximum Gasteiger partial charge on any atom is 0.346 e. The fourth-order valence-electron chi connectivity index (χ4n) is 4.02. The van der Waals surface area contributed by atoms with Crippen LogP contribution in [0.1, 0.15) is 42.7 Å². The van der Waals surface area contributed by atoms with Crippen LogP contribution in [0.5, 0.6) is 5.88 Å². The second-order valence-corrected chi connectivity index (χ2v) is 7.31. The SMILES string of the molecule is O=c1n2c(nn1[C@H]1C[C@H](Oc3ncncc3F)C1)CC[C@H]2c1cc(F)cc(F)c1. The van der Waals surface area contributed by atoms with Crippen molar-refractivity contribution in [1.29, 1.82) is 0 Å². The van der Waals surface area contributed by atoms with Crippen LogP contribution in [-0.2, 0) is 6.42 Å². The number of halogens is 3. The van der Waals surface area contributed by atoms with Gasteiger partial charge in [-0.2, -0.15) is 14.5 Å². The summed E-state index contributed by atoms with van der Waals surface area (Å²) in [5.41, 5.74) is 0.0980. The molecule has 1 fully saturated rings. The van der Waals surface area contributed by atoms with Gasteiger partial charge in [0.15, 0.2) is 0 Å². The van der Waals surface area contributed by atoms with Crippen molar-refractivity contribution in [3.05, 3.63) is 70.0 Å². The van der Waals surface area contributed by atoms with Gasteiger partial charge < -0.3 is 4.74 Å². The highest BCUT2D eigenvalue weighted by Crippen LogP contribution is 2.36. The lowest BCUT2D eigenvalue weighted by molar-refractivity contribution is 0.0546. The maximum atomic E-state index is 13.6. The maximum absolute atomic E-state index is 13.6. The van der Waals surface area contributed by atoms with E-state index in [1.807, 2.05) is 0 Å². The minimum absolute atomic E-state index is 0.115. The number of benzene rings is 1. The first-order chi connectivity index (χ1) is 14.0. The molecule has 0 bridgehead atoms. The Bertz CT molecular complexity index is 1120. The summed E-state index contributed by atoms with van der Waals surface area (Å²) in [6.07, 6.45) is 4.03. The average Bonchev–Trinajstić information content (AvgIpc) is 3.19. The number of aromatic nitrogens is 5. The van der Waals surface area contributed by atoms with Gasteiger partial charge in [-0.05, 0) is 24.1 Å². The largest absolute Gasteiger partial charge is 0.472 e. The fourth-order valence-corrected chi connectivity index (χ4v) is 4.02. The van der Waals surface area contributed by atoms with Crippen molar-refractivity contribution >= 4 is 0 Å². The van der Waals surface area contributed by atoms with Gasteiger partial charge in [-0.15, -0.1) is 0 Å². The van der Waals surface area contributed by atoms with Crippen LogP contribution in [0.2, 0.25) is 0 Å². The van der Waals surface area contributed by atoms with Crippen molar-refractivity contribution in [2.45, 2.75) is 43.9 Å². The quantitative estimate of drug-likeness (QED) is 0.669. The normalized spacial score (nSPS) is 22.9. The Labute approximate surface area is 162 Å². The molecule has 150 valence electrons. The van der Waals surface area contributed by atoms with Crippen molar-refractivity contribution in [2.24, 2.45) is 0 Å². The number of ether oxygens (including phenoxy) is 1. The molecule has 1 aliphatic carbocycles. The Kier molecular flexibility index (Phi) is 4.14. The van der Waals surface area contributed by atoms with Crippen molar-refractivity contribution in [3.63, 3.8) is 0 Å². The molecule has 7 nitrogen and oxygen atoms in total. The number of nitrogens with zero attached hydrogens (tertiary/aromatic N) is 5. The van der Waals surface area contributed by atoms with E-state index < -0.39 is 23.5 Å². The van der Waals surface area contributed by atoms with Gasteiger partial charge in [0, 0.05) is 25.3 Å². The molecule has 2 aliphatic rings. The smallest absolute Gasteiger partial charge is 0.346 e. The number of hydrogen-bond donors (Lipinski definition) is 0. The third kappa shape index (κ3) is 3.08. The molecule has 1 saturated carbocycles. The Morgan fingerprint density at radius 3 is 2.59 bits per heavy atom. The first-order valence-corrected chi connectivity index (χ1v) is 9.27. The number of hydrogen-bond acceptors (Lipinski definition) is 5. The van der Waals surface area contributed by atoms with Crippen molar-refractivity contribution in [3.8, 4) is 5.88 Å². The van der Waals surface area contributed by atoms with E-state index in [1.165, 1.54) is 27.7 Å². The zero-order valence-corrected chi connectivity index (χ0v) is 15.1. The van der Waals surface area contributed by atoms with Crippen LogP contribution in [0.3, 0.4) is 0 Å². The van der Waals surface area contributed by atoms with E-state index >= 15 is 0 Å². The molecule has 0 saturated heterocycles. The lowest BCUT2D eigenvalue weighted by atomic mass is 9.89. The Balaban J connectivity index is 1.34. The van der Waals surface area contributed by atoms with Crippen LogP contribution in [0, 0.1) is 17.5 Å². The molecule has 2 aromatic heterocycles. The van der Waals surface area contributed by atoms with Crippen LogP contribution in [0.15, 0.2) is 35.5 Å². The molecule has 0 N–H and O–H groups in total. The summed E-state index contributed by atoms with van der Waals surface area (Å²) >= 11 is 0. The van der Waals surface area contributed by atoms with Gasteiger partial charge in [0.25, 0.3) is 5.88 Å². The fraction of sp³-hybridized carbons (Fsp3) is 0.368. The molecule has 0 radical (unpaired) electrons. The highest BCUT2D eigenvalue weighted by Gasteiger charge is 2.38. The van der Waals surface area contributed by atoms with E-state index in [0.717, 1.165) is 12.3 Å². The van der Waals surface area contributed by atoms with E-state index in [4.69, 9.17) is 4.74 Å². The molecule has 1 aliphatic heterocycles. The van der Waals surface area contributed by atoms with Gasteiger partial charge in [0.1, 0.15) is 29.9 Å². The van der Waals surface area contributed by atoms with Crippen LogP contribution < -0.4 is 10.4 Å². The average molecular weight is 403 g/mol. The molecule has 0 spiro atoms. The summed E-state index contributed by atoms with van der Waals surface area (Å²) in [6.45, 7) is 0. The first-order valence-electron chi connectivity index (χ1n) is 9.27. The summed E-state index contributed by atoms with van der Waals surface area (Å²) in [5, 5.41) is 4.42. The second kappa shape index (κ2) is 6.71. The zero-order chi connectivity index (χ0) is 20.1. The molecule has 10 heteroatoms. The molecular formula is C19H16F3N5O2. The first kappa shape index (κ1) is 17.9. The minimum Gasteiger partial charge on any atom is -0.472 e. The van der Waals surface area contributed by atoms with Crippen LogP contribution in [-0.4, -0.2) is 30.4 Å². The van der Waals surface area contributed by atoms with Gasteiger partial charge in [-0.3, -0.25) is 4.57 Å². The Morgan fingerprint density at radius 1 is 1.10 bits per heavy atom. The van der Waals surface area contributed by atoms with Crippen LogP contribution in [0.25, 0.3) is 0 Å². The van der Waals surface area contributed by atoms with Crippen molar-refractivity contribution in [2.75, 3.05) is 0 Å². The van der Waals surface area contributed by atoms with Gasteiger partial charge in [0.05, 0.1) is 18.3 Å². The zero-order valence-electron chi connectivity index (χ0n) is 15.1. The van der Waals surface area contributed by atoms with Gasteiger partial charge in [-0.1, -0.05) is 0 Å². The molecule has 1 aromatic carbocycles. The number of rotatable bonds is 4. The van der Waals surface area contributed by atoms with Gasteiger partial charge >= 0.3 is 5.69 Å². The van der Waals surface area contributed by atoms with Gasteiger partial charge in [0.2, 0.25) is 5.82 Å². The molecule has 5 rings (SSSR count). The standard InChI is InChI=1S/C19H16F3N5O2/c20-11-3-10(4-12(21)5-11)16-1-2-17-25-27(19(28)26(16)17)13-6-14(7-13)29-18-15(22)8-23-9-24-18/h3-5,8-9,13-14,16H,1-2,6-7H2/t13-,14-,16-/m0/s1. The monoisotopic (exact) mass is 403 g/mol. The highest BCUT2D eigenvalue weighted by molar-refractivity contribution is 5.25. The van der Waals surface area contributed by atoms with Crippen LogP contribution >= 0.6 is 0 Å². The lowest BCUT2D eigenvalue weighted by Crippen LogP contribution is -2.41. The van der Waals surface area contributed by atoms with E-state index in [9.17, 15) is 18.0 Å². The second-order valence-electron chi connectivity index (χ2n) is 7.31. The molecule has 3 heterocycles. The van der Waals surface area contributed by atoms with Crippen molar-refractivity contribution < 1.29 is 17.9 Å². The Morgan fingerprint density at radius 2 is 1.86 bits per heavy atom. The summed E-state index contributed by atoms with van der Waals surface area (Å²) in [6, 6.07) is 2.67. The predicted octanol–water partition coefficient (Wildman–Crippen LogP) is 2.57. The van der Waals surface area contributed by atoms with Crippen LogP contribution in [0.4, 0.5) is 13.2 Å². The third-order valence-corrected chi connectivity index (χ3v) is 5.45. The van der Waals surface area contributed by atoms with Gasteiger partial charge in [-0.25, -0.2) is 23.2 Å². The molecule has 0 amide bonds. The summed E-state index contributed by atoms with van der Waals surface area (Å²) in [4.78, 5) is 20.2. The summed E-state index contributed by atoms with van der Waals surface area (Å²) < 4.78 is 49.2. The summed E-state index contributed by atoms with van der Waals surface area (Å²) in [5.74, 6) is -1.51. The van der Waals surface area contributed by atoms with E-state index in [2.05, 4.69) is 15.1 Å². The van der Waals surface area contributed by atoms with Crippen molar-refractivity contribution in [1.82, 2.24) is 24.3 Å². The number of fused-ring (bicyclic) bond motifs is 1. The van der Waals surface area contributed by atoms with E-state index in [1.54, 1.807) is 0 Å². The summed E-state index contributed by atoms with van der Waals surface area (Å²) in [7, 11) is 0. The molecule has 3 aromatic rings. The molecule has 1 atom stereocenters. The number of aryl methyl sites for hydroxylation is 1. The van der Waals surface area contributed by atoms with E-state index in [0.29, 0.717) is 37.1 Å².